The Labute approximate surface area is 169 Å². The molecule has 0 aliphatic heterocycles. The van der Waals surface area contributed by atoms with E-state index < -0.39 is 0 Å². The minimum atomic E-state index is 0.240. The first-order chi connectivity index (χ1) is 14.0. The Morgan fingerprint density at radius 3 is 2.76 bits per heavy atom. The van der Waals surface area contributed by atoms with Gasteiger partial charge in [0.1, 0.15) is 11.3 Å². The Morgan fingerprint density at radius 2 is 2.03 bits per heavy atom. The summed E-state index contributed by atoms with van der Waals surface area (Å²) in [6, 6.07) is 9.52. The van der Waals surface area contributed by atoms with Crippen molar-refractivity contribution >= 4 is 17.0 Å². The standard InChI is InChI=1S/C22H24N6O/c1-14(2)28-13-25-19-21(24-10-8-16-6-7-18(29)11-15(16)3)26-20(27-22(19)28)17-5-4-9-23-12-17/h4-7,9,11-14,29H,8,10H2,1-3H3,(H,24,26,27). The number of hydrogen-bond donors (Lipinski definition) is 2. The Morgan fingerprint density at radius 1 is 1.17 bits per heavy atom. The topological polar surface area (TPSA) is 88.8 Å². The summed E-state index contributed by atoms with van der Waals surface area (Å²) in [4.78, 5) is 18.2. The molecule has 7 heteroatoms. The Hall–Kier alpha value is -3.48. The number of benzene rings is 1. The van der Waals surface area contributed by atoms with Crippen molar-refractivity contribution < 1.29 is 5.11 Å². The molecule has 0 amide bonds. The van der Waals surface area contributed by atoms with Gasteiger partial charge in [-0.2, -0.15) is 0 Å². The summed E-state index contributed by atoms with van der Waals surface area (Å²) in [5.41, 5.74) is 4.68. The third-order valence-electron chi connectivity index (χ3n) is 4.91. The summed E-state index contributed by atoms with van der Waals surface area (Å²) in [6.07, 6.45) is 6.12. The molecule has 148 valence electrons. The highest BCUT2D eigenvalue weighted by Crippen LogP contribution is 2.25. The minimum absolute atomic E-state index is 0.240. The molecule has 0 atom stereocenters. The van der Waals surface area contributed by atoms with E-state index in [1.807, 2.05) is 36.0 Å². The van der Waals surface area contributed by atoms with Crippen molar-refractivity contribution in [2.75, 3.05) is 11.9 Å². The third kappa shape index (κ3) is 3.89. The van der Waals surface area contributed by atoms with Crippen LogP contribution in [-0.4, -0.2) is 36.2 Å². The van der Waals surface area contributed by atoms with Gasteiger partial charge in [0.2, 0.25) is 0 Å². The van der Waals surface area contributed by atoms with Crippen LogP contribution in [0, 0.1) is 6.92 Å². The number of anilines is 1. The molecule has 0 unspecified atom stereocenters. The zero-order valence-corrected chi connectivity index (χ0v) is 16.8. The first kappa shape index (κ1) is 18.9. The van der Waals surface area contributed by atoms with Crippen molar-refractivity contribution in [3.63, 3.8) is 0 Å². The van der Waals surface area contributed by atoms with Crippen molar-refractivity contribution in [1.29, 1.82) is 0 Å². The van der Waals surface area contributed by atoms with Gasteiger partial charge in [-0.25, -0.2) is 15.0 Å². The van der Waals surface area contributed by atoms with Crippen LogP contribution in [0.15, 0.2) is 49.1 Å². The molecule has 29 heavy (non-hydrogen) atoms. The molecule has 0 radical (unpaired) electrons. The number of nitrogens with zero attached hydrogens (tertiary/aromatic N) is 5. The number of phenols is 1. The number of hydrogen-bond acceptors (Lipinski definition) is 6. The number of phenolic OH excluding ortho intramolecular Hbond substituents is 1. The van der Waals surface area contributed by atoms with Gasteiger partial charge in [-0.1, -0.05) is 6.07 Å². The van der Waals surface area contributed by atoms with Gasteiger partial charge in [0.15, 0.2) is 17.3 Å². The van der Waals surface area contributed by atoms with Crippen LogP contribution in [0.3, 0.4) is 0 Å². The predicted octanol–water partition coefficient (Wildman–Crippen LogP) is 4.14. The Balaban J connectivity index is 1.67. The molecule has 0 bridgehead atoms. The van der Waals surface area contributed by atoms with Crippen molar-refractivity contribution in [1.82, 2.24) is 24.5 Å². The van der Waals surface area contributed by atoms with E-state index in [4.69, 9.17) is 9.97 Å². The van der Waals surface area contributed by atoms with Crippen LogP contribution in [0.1, 0.15) is 31.0 Å². The lowest BCUT2D eigenvalue weighted by Gasteiger charge is -2.12. The summed E-state index contributed by atoms with van der Waals surface area (Å²) >= 11 is 0. The number of aryl methyl sites for hydroxylation is 1. The van der Waals surface area contributed by atoms with E-state index in [0.29, 0.717) is 18.2 Å². The molecule has 4 rings (SSSR count). The second-order valence-electron chi connectivity index (χ2n) is 7.34. The molecule has 3 heterocycles. The Bertz CT molecular complexity index is 1140. The summed E-state index contributed by atoms with van der Waals surface area (Å²) in [7, 11) is 0. The zero-order valence-electron chi connectivity index (χ0n) is 16.8. The molecule has 7 nitrogen and oxygen atoms in total. The smallest absolute Gasteiger partial charge is 0.166 e. The molecule has 4 aromatic rings. The number of aromatic hydroxyl groups is 1. The maximum absolute atomic E-state index is 9.60. The van der Waals surface area contributed by atoms with E-state index in [2.05, 4.69) is 29.1 Å². The fourth-order valence-corrected chi connectivity index (χ4v) is 3.32. The first-order valence-corrected chi connectivity index (χ1v) is 9.70. The normalized spacial score (nSPS) is 11.3. The van der Waals surface area contributed by atoms with E-state index >= 15 is 0 Å². The molecule has 0 spiro atoms. The van der Waals surface area contributed by atoms with Crippen molar-refractivity contribution in [3.05, 3.63) is 60.2 Å². The third-order valence-corrected chi connectivity index (χ3v) is 4.91. The van der Waals surface area contributed by atoms with Crippen LogP contribution in [0.25, 0.3) is 22.6 Å². The molecular formula is C22H24N6O. The van der Waals surface area contributed by atoms with Gasteiger partial charge in [0.25, 0.3) is 0 Å². The fraction of sp³-hybridized carbons (Fsp3) is 0.273. The van der Waals surface area contributed by atoms with E-state index in [0.717, 1.165) is 28.7 Å². The lowest BCUT2D eigenvalue weighted by molar-refractivity contribution is 0.474. The van der Waals surface area contributed by atoms with Crippen LogP contribution in [-0.2, 0) is 6.42 Å². The van der Waals surface area contributed by atoms with Gasteiger partial charge >= 0.3 is 0 Å². The number of fused-ring (bicyclic) bond motifs is 1. The van der Waals surface area contributed by atoms with Gasteiger partial charge in [0.05, 0.1) is 6.33 Å². The van der Waals surface area contributed by atoms with Crippen molar-refractivity contribution in [2.24, 2.45) is 0 Å². The van der Waals surface area contributed by atoms with E-state index in [1.54, 1.807) is 24.5 Å². The molecule has 0 saturated carbocycles. The zero-order chi connectivity index (χ0) is 20.4. The maximum atomic E-state index is 9.60. The fourth-order valence-electron chi connectivity index (χ4n) is 3.32. The summed E-state index contributed by atoms with van der Waals surface area (Å²) in [5.74, 6) is 1.62. The average Bonchev–Trinajstić information content (AvgIpc) is 3.15. The predicted molar refractivity (Wildman–Crippen MR) is 114 cm³/mol. The largest absolute Gasteiger partial charge is 0.508 e. The lowest BCUT2D eigenvalue weighted by Crippen LogP contribution is -2.09. The van der Waals surface area contributed by atoms with Gasteiger partial charge in [-0.3, -0.25) is 4.98 Å². The highest BCUT2D eigenvalue weighted by atomic mass is 16.3. The molecule has 3 aromatic heterocycles. The number of aromatic nitrogens is 5. The molecule has 0 saturated heterocycles. The SMILES string of the molecule is Cc1cc(O)ccc1CCNc1nc(-c2cccnc2)nc2c1ncn2C(C)C. The minimum Gasteiger partial charge on any atom is -0.508 e. The maximum Gasteiger partial charge on any atom is 0.166 e. The van der Waals surface area contributed by atoms with Gasteiger partial charge in [0, 0.05) is 30.5 Å². The van der Waals surface area contributed by atoms with Crippen molar-refractivity contribution in [2.45, 2.75) is 33.2 Å². The molecule has 0 fully saturated rings. The monoisotopic (exact) mass is 388 g/mol. The number of imidazole rings is 1. The molecule has 2 N–H and O–H groups in total. The Kier molecular flexibility index (Phi) is 5.12. The molecular weight excluding hydrogens is 364 g/mol. The lowest BCUT2D eigenvalue weighted by atomic mass is 10.1. The van der Waals surface area contributed by atoms with Crippen LogP contribution in [0.2, 0.25) is 0 Å². The van der Waals surface area contributed by atoms with E-state index in [9.17, 15) is 5.11 Å². The van der Waals surface area contributed by atoms with Crippen LogP contribution < -0.4 is 5.32 Å². The van der Waals surface area contributed by atoms with Crippen LogP contribution in [0.4, 0.5) is 5.82 Å². The van der Waals surface area contributed by atoms with E-state index in [-0.39, 0.29) is 11.8 Å². The second kappa shape index (κ2) is 7.87. The number of nitrogens with one attached hydrogen (secondary N) is 1. The van der Waals surface area contributed by atoms with Crippen LogP contribution >= 0.6 is 0 Å². The number of pyridine rings is 1. The number of rotatable bonds is 6. The van der Waals surface area contributed by atoms with Gasteiger partial charge in [-0.15, -0.1) is 0 Å². The summed E-state index contributed by atoms with van der Waals surface area (Å²) in [6.45, 7) is 6.91. The van der Waals surface area contributed by atoms with Crippen molar-refractivity contribution in [3.8, 4) is 17.1 Å². The summed E-state index contributed by atoms with van der Waals surface area (Å²) < 4.78 is 2.05. The molecule has 0 aliphatic rings. The first-order valence-electron chi connectivity index (χ1n) is 9.70. The van der Waals surface area contributed by atoms with Crippen LogP contribution in [0.5, 0.6) is 5.75 Å². The van der Waals surface area contributed by atoms with Gasteiger partial charge in [-0.05, 0) is 62.6 Å². The highest BCUT2D eigenvalue weighted by molar-refractivity contribution is 5.85. The quantitative estimate of drug-likeness (QED) is 0.516. The van der Waals surface area contributed by atoms with Gasteiger partial charge < -0.3 is 15.0 Å². The average molecular weight is 388 g/mol. The summed E-state index contributed by atoms with van der Waals surface area (Å²) in [5, 5.41) is 13.0. The second-order valence-corrected chi connectivity index (χ2v) is 7.34. The molecule has 1 aromatic carbocycles. The van der Waals surface area contributed by atoms with E-state index in [1.165, 1.54) is 5.56 Å². The highest BCUT2D eigenvalue weighted by Gasteiger charge is 2.16. The molecule has 0 aliphatic carbocycles.